The maximum Gasteiger partial charge on any atom is 0.140 e. The summed E-state index contributed by atoms with van der Waals surface area (Å²) in [4.78, 5) is 6.17. The van der Waals surface area contributed by atoms with E-state index in [2.05, 4.69) is 16.8 Å². The van der Waals surface area contributed by atoms with Crippen molar-refractivity contribution in [1.29, 1.82) is 5.26 Å². The van der Waals surface area contributed by atoms with Crippen molar-refractivity contribution in [2.45, 2.75) is 19.8 Å². The van der Waals surface area contributed by atoms with Crippen molar-refractivity contribution in [2.24, 2.45) is 0 Å². The van der Waals surface area contributed by atoms with Gasteiger partial charge in [0.2, 0.25) is 0 Å². The van der Waals surface area contributed by atoms with Gasteiger partial charge in [-0.1, -0.05) is 13.3 Å². The number of rotatable bonds is 4. The molecule has 0 amide bonds. The molecule has 1 rings (SSSR count). The van der Waals surface area contributed by atoms with Gasteiger partial charge in [-0.15, -0.1) is 0 Å². The van der Waals surface area contributed by atoms with Crippen LogP contribution in [-0.2, 0) is 0 Å². The number of pyridine rings is 1. The molecule has 14 heavy (non-hydrogen) atoms. The molecule has 3 nitrogen and oxygen atoms in total. The second-order valence-electron chi connectivity index (χ2n) is 3.29. The third-order valence-electron chi connectivity index (χ3n) is 2.15. The predicted molar refractivity (Wildman–Crippen MR) is 57.1 cm³/mol. The van der Waals surface area contributed by atoms with Crippen LogP contribution in [0.25, 0.3) is 0 Å². The number of anilines is 1. The Kier molecular flexibility index (Phi) is 3.93. The molecule has 1 aromatic rings. The van der Waals surface area contributed by atoms with Gasteiger partial charge in [-0.3, -0.25) is 0 Å². The summed E-state index contributed by atoms with van der Waals surface area (Å²) in [7, 11) is 2.04. The molecular weight excluding hydrogens is 174 g/mol. The second-order valence-corrected chi connectivity index (χ2v) is 3.29. The Labute approximate surface area is 85.0 Å². The average Bonchev–Trinajstić information content (AvgIpc) is 2.26. The normalized spacial score (nSPS) is 9.50. The van der Waals surface area contributed by atoms with Crippen LogP contribution in [0.5, 0.6) is 0 Å². The van der Waals surface area contributed by atoms with Gasteiger partial charge in [-0.2, -0.15) is 5.26 Å². The molecule has 0 aromatic carbocycles. The first-order chi connectivity index (χ1) is 6.77. The highest BCUT2D eigenvalue weighted by molar-refractivity contribution is 5.44. The molecule has 1 heterocycles. The third kappa shape index (κ3) is 2.74. The molecule has 0 saturated heterocycles. The van der Waals surface area contributed by atoms with Crippen LogP contribution in [0.15, 0.2) is 18.3 Å². The van der Waals surface area contributed by atoms with Gasteiger partial charge in [0.05, 0.1) is 11.9 Å². The SMILES string of the molecule is CCCCN(C)c1ccc(C#N)nc1. The largest absolute Gasteiger partial charge is 0.373 e. The molecule has 0 fully saturated rings. The van der Waals surface area contributed by atoms with E-state index in [1.165, 1.54) is 12.8 Å². The second kappa shape index (κ2) is 5.23. The molecule has 74 valence electrons. The van der Waals surface area contributed by atoms with E-state index in [-0.39, 0.29) is 0 Å². The number of unbranched alkanes of at least 4 members (excludes halogenated alkanes) is 1. The predicted octanol–water partition coefficient (Wildman–Crippen LogP) is 2.19. The van der Waals surface area contributed by atoms with Crippen molar-refractivity contribution in [3.05, 3.63) is 24.0 Å². The summed E-state index contributed by atoms with van der Waals surface area (Å²) < 4.78 is 0. The Bertz CT molecular complexity index is 310. The van der Waals surface area contributed by atoms with E-state index in [0.717, 1.165) is 12.2 Å². The molecule has 0 spiro atoms. The summed E-state index contributed by atoms with van der Waals surface area (Å²) in [5, 5.41) is 8.58. The topological polar surface area (TPSA) is 39.9 Å². The van der Waals surface area contributed by atoms with E-state index in [1.54, 1.807) is 12.3 Å². The van der Waals surface area contributed by atoms with Gasteiger partial charge in [-0.25, -0.2) is 4.98 Å². The maximum atomic E-state index is 8.58. The fourth-order valence-electron chi connectivity index (χ4n) is 1.20. The number of hydrogen-bond acceptors (Lipinski definition) is 3. The standard InChI is InChI=1S/C11H15N3/c1-3-4-7-14(2)11-6-5-10(8-12)13-9-11/h5-6,9H,3-4,7H2,1-2H3. The number of hydrogen-bond donors (Lipinski definition) is 0. The molecule has 0 saturated carbocycles. The fraction of sp³-hybridized carbons (Fsp3) is 0.455. The van der Waals surface area contributed by atoms with Crippen molar-refractivity contribution in [3.8, 4) is 6.07 Å². The number of nitrogens with zero attached hydrogens (tertiary/aromatic N) is 3. The summed E-state index contributed by atoms with van der Waals surface area (Å²) in [5.74, 6) is 0. The molecule has 1 aromatic heterocycles. The number of aromatic nitrogens is 1. The minimum Gasteiger partial charge on any atom is -0.373 e. The summed E-state index contributed by atoms with van der Waals surface area (Å²) >= 11 is 0. The highest BCUT2D eigenvalue weighted by Crippen LogP contribution is 2.11. The van der Waals surface area contributed by atoms with E-state index in [0.29, 0.717) is 5.69 Å². The highest BCUT2D eigenvalue weighted by atomic mass is 15.1. The Hall–Kier alpha value is -1.56. The Morgan fingerprint density at radius 2 is 2.29 bits per heavy atom. The van der Waals surface area contributed by atoms with E-state index >= 15 is 0 Å². The highest BCUT2D eigenvalue weighted by Gasteiger charge is 2.00. The van der Waals surface area contributed by atoms with Gasteiger partial charge in [0.25, 0.3) is 0 Å². The lowest BCUT2D eigenvalue weighted by atomic mass is 10.3. The van der Waals surface area contributed by atoms with Crippen molar-refractivity contribution >= 4 is 5.69 Å². The zero-order chi connectivity index (χ0) is 10.4. The molecule has 0 aliphatic heterocycles. The maximum absolute atomic E-state index is 8.58. The van der Waals surface area contributed by atoms with Crippen LogP contribution < -0.4 is 4.90 Å². The van der Waals surface area contributed by atoms with Gasteiger partial charge in [0.1, 0.15) is 11.8 Å². The van der Waals surface area contributed by atoms with Gasteiger partial charge >= 0.3 is 0 Å². The van der Waals surface area contributed by atoms with Gasteiger partial charge in [0, 0.05) is 13.6 Å². The van der Waals surface area contributed by atoms with Crippen LogP contribution in [-0.4, -0.2) is 18.6 Å². The van der Waals surface area contributed by atoms with E-state index in [9.17, 15) is 0 Å². The van der Waals surface area contributed by atoms with Gasteiger partial charge in [0.15, 0.2) is 0 Å². The minimum absolute atomic E-state index is 0.470. The van der Waals surface area contributed by atoms with E-state index in [4.69, 9.17) is 5.26 Å². The quantitative estimate of drug-likeness (QED) is 0.729. The summed E-state index contributed by atoms with van der Waals surface area (Å²) in [5.41, 5.74) is 1.54. The first-order valence-corrected chi connectivity index (χ1v) is 4.85. The summed E-state index contributed by atoms with van der Waals surface area (Å²) in [6.45, 7) is 3.20. The monoisotopic (exact) mass is 189 g/mol. The van der Waals surface area contributed by atoms with Crippen molar-refractivity contribution in [2.75, 3.05) is 18.5 Å². The van der Waals surface area contributed by atoms with E-state index in [1.807, 2.05) is 19.2 Å². The van der Waals surface area contributed by atoms with Crippen LogP contribution in [0.1, 0.15) is 25.5 Å². The molecule has 0 unspecified atom stereocenters. The Morgan fingerprint density at radius 1 is 1.50 bits per heavy atom. The van der Waals surface area contributed by atoms with Crippen LogP contribution in [0.3, 0.4) is 0 Å². The summed E-state index contributed by atoms with van der Waals surface area (Å²) in [6, 6.07) is 5.69. The molecule has 3 heteroatoms. The number of nitriles is 1. The lowest BCUT2D eigenvalue weighted by Crippen LogP contribution is -2.18. The lowest BCUT2D eigenvalue weighted by molar-refractivity contribution is 0.765. The molecule has 0 atom stereocenters. The smallest absolute Gasteiger partial charge is 0.140 e. The molecule has 0 aliphatic carbocycles. The summed E-state index contributed by atoms with van der Waals surface area (Å²) in [6.07, 6.45) is 4.11. The minimum atomic E-state index is 0.470. The fourth-order valence-corrected chi connectivity index (χ4v) is 1.20. The van der Waals surface area contributed by atoms with Crippen LogP contribution in [0.2, 0.25) is 0 Å². The first kappa shape index (κ1) is 10.5. The van der Waals surface area contributed by atoms with Gasteiger partial charge < -0.3 is 4.90 Å². The molecular formula is C11H15N3. The first-order valence-electron chi connectivity index (χ1n) is 4.85. The van der Waals surface area contributed by atoms with Crippen molar-refractivity contribution in [1.82, 2.24) is 4.98 Å². The molecule has 0 aliphatic rings. The van der Waals surface area contributed by atoms with Crippen LogP contribution in [0.4, 0.5) is 5.69 Å². The van der Waals surface area contributed by atoms with Crippen molar-refractivity contribution < 1.29 is 0 Å². The Morgan fingerprint density at radius 3 is 2.79 bits per heavy atom. The zero-order valence-corrected chi connectivity index (χ0v) is 8.70. The average molecular weight is 189 g/mol. The van der Waals surface area contributed by atoms with Crippen LogP contribution in [0, 0.1) is 11.3 Å². The van der Waals surface area contributed by atoms with E-state index < -0.39 is 0 Å². The van der Waals surface area contributed by atoms with Crippen molar-refractivity contribution in [3.63, 3.8) is 0 Å². The Balaban J connectivity index is 2.63. The van der Waals surface area contributed by atoms with Gasteiger partial charge in [-0.05, 0) is 18.6 Å². The molecule has 0 radical (unpaired) electrons. The molecule has 0 bridgehead atoms. The third-order valence-corrected chi connectivity index (χ3v) is 2.15. The zero-order valence-electron chi connectivity index (χ0n) is 8.70. The van der Waals surface area contributed by atoms with Crippen LogP contribution >= 0.6 is 0 Å². The lowest BCUT2D eigenvalue weighted by Gasteiger charge is -2.18. The molecule has 0 N–H and O–H groups in total.